The van der Waals surface area contributed by atoms with E-state index in [1.54, 1.807) is 0 Å². The van der Waals surface area contributed by atoms with Gasteiger partial charge in [0.2, 0.25) is 0 Å². The van der Waals surface area contributed by atoms with Crippen LogP contribution in [-0.4, -0.2) is 41.9 Å². The third kappa shape index (κ3) is 2.89. The molecule has 0 spiro atoms. The largest absolute Gasteiger partial charge is 0.486 e. The van der Waals surface area contributed by atoms with E-state index in [4.69, 9.17) is 9.47 Å². The number of halogens is 1. The van der Waals surface area contributed by atoms with Gasteiger partial charge in [-0.05, 0) is 25.0 Å². The van der Waals surface area contributed by atoms with Gasteiger partial charge in [0.05, 0.1) is 5.56 Å². The molecule has 2 aliphatic rings. The molecule has 21 heavy (non-hydrogen) atoms. The van der Waals surface area contributed by atoms with Crippen LogP contribution in [-0.2, 0) is 0 Å². The van der Waals surface area contributed by atoms with Crippen molar-refractivity contribution in [2.75, 3.05) is 20.3 Å². The van der Waals surface area contributed by atoms with Gasteiger partial charge in [0.15, 0.2) is 11.5 Å². The summed E-state index contributed by atoms with van der Waals surface area (Å²) in [7, 11) is 1.88. The van der Waals surface area contributed by atoms with E-state index in [1.165, 1.54) is 12.8 Å². The third-order valence-electron chi connectivity index (χ3n) is 4.26. The molecule has 0 saturated heterocycles. The second-order valence-electron chi connectivity index (χ2n) is 5.61. The van der Waals surface area contributed by atoms with Crippen molar-refractivity contribution in [2.45, 2.75) is 36.6 Å². The maximum absolute atomic E-state index is 12.8. The van der Waals surface area contributed by atoms with E-state index in [2.05, 4.69) is 15.9 Å². The maximum atomic E-state index is 12.8. The SMILES string of the molecule is CN(C(=O)c1cccc2c1OCCO2)C1CCCCC1Br. The maximum Gasteiger partial charge on any atom is 0.257 e. The third-order valence-corrected chi connectivity index (χ3v) is 5.33. The number of fused-ring (bicyclic) bond motifs is 1. The van der Waals surface area contributed by atoms with Crippen molar-refractivity contribution in [1.82, 2.24) is 4.90 Å². The van der Waals surface area contributed by atoms with Crippen LogP contribution in [0.25, 0.3) is 0 Å². The minimum atomic E-state index is 0.00806. The van der Waals surface area contributed by atoms with E-state index in [9.17, 15) is 4.79 Å². The van der Waals surface area contributed by atoms with Crippen molar-refractivity contribution < 1.29 is 14.3 Å². The average molecular weight is 354 g/mol. The molecule has 0 N–H and O–H groups in total. The number of carbonyl (C=O) groups excluding carboxylic acids is 1. The zero-order valence-electron chi connectivity index (χ0n) is 12.2. The first-order valence-electron chi connectivity index (χ1n) is 7.48. The number of hydrogen-bond acceptors (Lipinski definition) is 3. The summed E-state index contributed by atoms with van der Waals surface area (Å²) in [6.45, 7) is 1.03. The Morgan fingerprint density at radius 3 is 2.81 bits per heavy atom. The summed E-state index contributed by atoms with van der Waals surface area (Å²) in [5, 5.41) is 0. The van der Waals surface area contributed by atoms with Crippen LogP contribution in [0.15, 0.2) is 18.2 Å². The van der Waals surface area contributed by atoms with Crippen molar-refractivity contribution in [3.63, 3.8) is 0 Å². The number of hydrogen-bond donors (Lipinski definition) is 0. The Hall–Kier alpha value is -1.23. The van der Waals surface area contributed by atoms with Crippen LogP contribution in [0.1, 0.15) is 36.0 Å². The van der Waals surface area contributed by atoms with Crippen LogP contribution in [0, 0.1) is 0 Å². The molecule has 0 bridgehead atoms. The minimum absolute atomic E-state index is 0.00806. The van der Waals surface area contributed by atoms with Gasteiger partial charge in [0.25, 0.3) is 5.91 Å². The molecular formula is C16H20BrNO3. The Balaban J connectivity index is 1.84. The molecule has 5 heteroatoms. The number of carbonyl (C=O) groups is 1. The molecule has 1 saturated carbocycles. The monoisotopic (exact) mass is 353 g/mol. The molecular weight excluding hydrogens is 334 g/mol. The highest BCUT2D eigenvalue weighted by molar-refractivity contribution is 9.09. The van der Waals surface area contributed by atoms with Crippen LogP contribution in [0.5, 0.6) is 11.5 Å². The van der Waals surface area contributed by atoms with Gasteiger partial charge in [-0.1, -0.05) is 34.8 Å². The van der Waals surface area contributed by atoms with Gasteiger partial charge in [0, 0.05) is 17.9 Å². The summed E-state index contributed by atoms with van der Waals surface area (Å²) in [4.78, 5) is 15.1. The number of benzene rings is 1. The Bertz CT molecular complexity index is 534. The molecule has 0 radical (unpaired) electrons. The van der Waals surface area contributed by atoms with Crippen LogP contribution >= 0.6 is 15.9 Å². The number of ether oxygens (including phenoxy) is 2. The fourth-order valence-corrected chi connectivity index (χ4v) is 4.03. The summed E-state index contributed by atoms with van der Waals surface area (Å²) < 4.78 is 11.2. The zero-order chi connectivity index (χ0) is 14.8. The van der Waals surface area contributed by atoms with Crippen molar-refractivity contribution in [3.8, 4) is 11.5 Å². The number of para-hydroxylation sites is 1. The van der Waals surface area contributed by atoms with Crippen LogP contribution in [0.3, 0.4) is 0 Å². The topological polar surface area (TPSA) is 38.8 Å². The van der Waals surface area contributed by atoms with Crippen molar-refractivity contribution >= 4 is 21.8 Å². The Labute approximate surface area is 133 Å². The molecule has 1 aliphatic heterocycles. The molecule has 1 amide bonds. The molecule has 2 unspecified atom stereocenters. The molecule has 1 aromatic carbocycles. The van der Waals surface area contributed by atoms with Crippen LogP contribution in [0.2, 0.25) is 0 Å². The first kappa shape index (κ1) is 14.7. The first-order chi connectivity index (χ1) is 10.2. The molecule has 1 aliphatic carbocycles. The lowest BCUT2D eigenvalue weighted by Gasteiger charge is -2.35. The standard InChI is InChI=1S/C16H20BrNO3/c1-18(13-7-3-2-6-12(13)17)16(19)11-5-4-8-14-15(11)21-10-9-20-14/h4-5,8,12-13H,2-3,6-7,9-10H2,1H3. The fraction of sp³-hybridized carbons (Fsp3) is 0.562. The van der Waals surface area contributed by atoms with Gasteiger partial charge >= 0.3 is 0 Å². The summed E-state index contributed by atoms with van der Waals surface area (Å²) in [6.07, 6.45) is 4.57. The average Bonchev–Trinajstić information content (AvgIpc) is 2.53. The smallest absolute Gasteiger partial charge is 0.257 e. The molecule has 2 atom stereocenters. The van der Waals surface area contributed by atoms with Crippen molar-refractivity contribution in [1.29, 1.82) is 0 Å². The van der Waals surface area contributed by atoms with E-state index in [0.717, 1.165) is 12.8 Å². The molecule has 3 rings (SSSR count). The predicted molar refractivity (Wildman–Crippen MR) is 84.5 cm³/mol. The number of alkyl halides is 1. The number of nitrogens with zero attached hydrogens (tertiary/aromatic N) is 1. The van der Waals surface area contributed by atoms with Crippen LogP contribution in [0.4, 0.5) is 0 Å². The second kappa shape index (κ2) is 6.26. The lowest BCUT2D eigenvalue weighted by atomic mass is 9.94. The van der Waals surface area contributed by atoms with Crippen LogP contribution < -0.4 is 9.47 Å². The van der Waals surface area contributed by atoms with Gasteiger partial charge in [0.1, 0.15) is 13.2 Å². The number of amides is 1. The minimum Gasteiger partial charge on any atom is -0.486 e. The molecule has 1 heterocycles. The van der Waals surface area contributed by atoms with Gasteiger partial charge in [-0.2, -0.15) is 0 Å². The second-order valence-corrected chi connectivity index (χ2v) is 6.79. The van der Waals surface area contributed by atoms with E-state index in [1.807, 2.05) is 30.1 Å². The highest BCUT2D eigenvalue weighted by Gasteiger charge is 2.31. The molecule has 0 aromatic heterocycles. The van der Waals surface area contributed by atoms with Crippen molar-refractivity contribution in [3.05, 3.63) is 23.8 Å². The Morgan fingerprint density at radius 2 is 2.00 bits per heavy atom. The summed E-state index contributed by atoms with van der Waals surface area (Å²) in [5.74, 6) is 1.26. The number of rotatable bonds is 2. The normalized spacial score (nSPS) is 24.5. The fourth-order valence-electron chi connectivity index (χ4n) is 3.09. The van der Waals surface area contributed by atoms with Gasteiger partial charge in [-0.15, -0.1) is 0 Å². The van der Waals surface area contributed by atoms with Gasteiger partial charge < -0.3 is 14.4 Å². The molecule has 1 fully saturated rings. The first-order valence-corrected chi connectivity index (χ1v) is 8.40. The van der Waals surface area contributed by atoms with E-state index >= 15 is 0 Å². The molecule has 4 nitrogen and oxygen atoms in total. The summed E-state index contributed by atoms with van der Waals surface area (Å²) in [5.41, 5.74) is 0.597. The predicted octanol–water partition coefficient (Wildman–Crippen LogP) is 3.24. The van der Waals surface area contributed by atoms with Gasteiger partial charge in [-0.25, -0.2) is 0 Å². The Kier molecular flexibility index (Phi) is 4.38. The molecule has 1 aromatic rings. The summed E-state index contributed by atoms with van der Waals surface area (Å²) >= 11 is 3.72. The van der Waals surface area contributed by atoms with Gasteiger partial charge in [-0.3, -0.25) is 4.79 Å². The quantitative estimate of drug-likeness (QED) is 0.766. The van der Waals surface area contributed by atoms with E-state index < -0.39 is 0 Å². The highest BCUT2D eigenvalue weighted by atomic mass is 79.9. The van der Waals surface area contributed by atoms with E-state index in [-0.39, 0.29) is 11.9 Å². The lowest BCUT2D eigenvalue weighted by Crippen LogP contribution is -2.44. The van der Waals surface area contributed by atoms with Crippen molar-refractivity contribution in [2.24, 2.45) is 0 Å². The molecule has 114 valence electrons. The van der Waals surface area contributed by atoms with E-state index in [0.29, 0.717) is 35.1 Å². The Morgan fingerprint density at radius 1 is 1.24 bits per heavy atom. The lowest BCUT2D eigenvalue weighted by molar-refractivity contribution is 0.0694. The highest BCUT2D eigenvalue weighted by Crippen LogP contribution is 2.35. The summed E-state index contributed by atoms with van der Waals surface area (Å²) in [6, 6.07) is 5.75. The zero-order valence-corrected chi connectivity index (χ0v) is 13.8.